The average molecular weight is 628 g/mol. The molecule has 10 atom stereocenters. The Morgan fingerprint density at radius 1 is 1.20 bits per heavy atom. The second-order valence-corrected chi connectivity index (χ2v) is 13.2. The van der Waals surface area contributed by atoms with Gasteiger partial charge in [-0.15, -0.1) is 0 Å². The van der Waals surface area contributed by atoms with Gasteiger partial charge in [0.15, 0.2) is 0 Å². The summed E-state index contributed by atoms with van der Waals surface area (Å²) in [5.41, 5.74) is 0.562. The lowest BCUT2D eigenvalue weighted by atomic mass is 9.87. The zero-order chi connectivity index (χ0) is 33.1. The predicted octanol–water partition coefficient (Wildman–Crippen LogP) is 5.91. The number of benzene rings is 1. The molecule has 8 heteroatoms. The van der Waals surface area contributed by atoms with Crippen molar-refractivity contribution in [2.24, 2.45) is 17.8 Å². The molecular formula is C37H57NO7. The second-order valence-electron chi connectivity index (χ2n) is 13.2. The predicted molar refractivity (Wildman–Crippen MR) is 178 cm³/mol. The lowest BCUT2D eigenvalue weighted by molar-refractivity contribution is -0.151. The van der Waals surface area contributed by atoms with Crippen LogP contribution in [0.4, 0.5) is 0 Å². The lowest BCUT2D eigenvalue weighted by Crippen LogP contribution is -2.52. The molecule has 1 fully saturated rings. The van der Waals surface area contributed by atoms with Crippen LogP contribution in [0.1, 0.15) is 79.2 Å². The SMILES string of the molecule is CCC(OC)C(C)C1OC1C(NCc1ccccc1OC)C(C)(O)C=CC=C(C)C1OC(=O)CC(O)CCC(C)CC=CC1C. The summed E-state index contributed by atoms with van der Waals surface area (Å²) in [6.07, 6.45) is 11.6. The van der Waals surface area contributed by atoms with Crippen LogP contribution in [0.5, 0.6) is 5.75 Å². The van der Waals surface area contributed by atoms with Crippen LogP contribution in [0.3, 0.4) is 0 Å². The van der Waals surface area contributed by atoms with Crippen molar-refractivity contribution in [2.45, 2.75) is 122 Å². The van der Waals surface area contributed by atoms with E-state index >= 15 is 0 Å². The van der Waals surface area contributed by atoms with Crippen LogP contribution in [-0.4, -0.2) is 72.6 Å². The number of hydrogen-bond acceptors (Lipinski definition) is 8. The molecule has 8 nitrogen and oxygen atoms in total. The Hall–Kier alpha value is -2.49. The Bertz CT molecular complexity index is 1160. The molecule has 2 aliphatic heterocycles. The average Bonchev–Trinajstić information content (AvgIpc) is 3.79. The molecule has 2 heterocycles. The molecule has 0 amide bonds. The van der Waals surface area contributed by atoms with Gasteiger partial charge in [0, 0.05) is 31.1 Å². The van der Waals surface area contributed by atoms with E-state index in [1.807, 2.05) is 50.3 Å². The molecule has 0 spiro atoms. The molecule has 0 radical (unpaired) electrons. The summed E-state index contributed by atoms with van der Waals surface area (Å²) in [5, 5.41) is 25.8. The van der Waals surface area contributed by atoms with Gasteiger partial charge in [0.1, 0.15) is 18.0 Å². The molecular weight excluding hydrogens is 570 g/mol. The minimum Gasteiger partial charge on any atom is -0.496 e. The van der Waals surface area contributed by atoms with Crippen molar-refractivity contribution in [2.75, 3.05) is 14.2 Å². The first kappa shape index (κ1) is 37.0. The number of para-hydroxylation sites is 1. The van der Waals surface area contributed by atoms with E-state index < -0.39 is 29.8 Å². The first-order chi connectivity index (χ1) is 21.4. The first-order valence-electron chi connectivity index (χ1n) is 16.6. The van der Waals surface area contributed by atoms with Gasteiger partial charge >= 0.3 is 5.97 Å². The highest BCUT2D eigenvalue weighted by atomic mass is 16.6. The Balaban J connectivity index is 1.82. The van der Waals surface area contributed by atoms with E-state index in [1.54, 1.807) is 27.2 Å². The fourth-order valence-electron chi connectivity index (χ4n) is 6.43. The number of hydrogen-bond donors (Lipinski definition) is 3. The highest BCUT2D eigenvalue weighted by Gasteiger charge is 2.54. The Morgan fingerprint density at radius 2 is 1.93 bits per heavy atom. The Morgan fingerprint density at radius 3 is 2.62 bits per heavy atom. The summed E-state index contributed by atoms with van der Waals surface area (Å²) in [7, 11) is 3.38. The topological polar surface area (TPSA) is 110 Å². The molecule has 45 heavy (non-hydrogen) atoms. The maximum Gasteiger partial charge on any atom is 0.309 e. The number of rotatable bonds is 13. The summed E-state index contributed by atoms with van der Waals surface area (Å²) < 4.78 is 23.4. The molecule has 1 aromatic rings. The van der Waals surface area contributed by atoms with Crippen LogP contribution >= 0.6 is 0 Å². The van der Waals surface area contributed by atoms with Gasteiger partial charge in [0.25, 0.3) is 0 Å². The van der Waals surface area contributed by atoms with Crippen molar-refractivity contribution in [1.29, 1.82) is 0 Å². The normalized spacial score (nSPS) is 30.0. The summed E-state index contributed by atoms with van der Waals surface area (Å²) in [6.45, 7) is 12.6. The van der Waals surface area contributed by atoms with Crippen molar-refractivity contribution >= 4 is 5.97 Å². The molecule has 2 aliphatic rings. The van der Waals surface area contributed by atoms with Gasteiger partial charge in [-0.3, -0.25) is 4.79 Å². The largest absolute Gasteiger partial charge is 0.496 e. The number of nitrogens with one attached hydrogen (secondary N) is 1. The minimum absolute atomic E-state index is 0.0139. The number of epoxide rings is 1. The Labute approximate surface area is 270 Å². The maximum atomic E-state index is 12.7. The molecule has 0 aliphatic carbocycles. The molecule has 1 saturated heterocycles. The number of carbonyl (C=O) groups excluding carboxylic acids is 1. The Kier molecular flexibility index (Phi) is 14.3. The highest BCUT2D eigenvalue weighted by molar-refractivity contribution is 5.70. The number of carbonyl (C=O) groups is 1. The number of aliphatic hydroxyl groups is 2. The van der Waals surface area contributed by atoms with Gasteiger partial charge in [-0.25, -0.2) is 0 Å². The lowest BCUT2D eigenvalue weighted by Gasteiger charge is -2.31. The van der Waals surface area contributed by atoms with Crippen LogP contribution in [0.2, 0.25) is 0 Å². The standard InChI is InChI=1S/C37H57NO7/c1-9-30(42-7)27(5)34-35(45-34)36(38-23-28-17-10-11-18-31(28)43-8)37(6,41)21-13-16-26(4)33-25(3)15-12-14-24(2)19-20-29(39)22-32(40)44-33/h10-13,15-18,21,24-25,27,29-30,33-36,38-39,41H,9,14,19-20,22-23H2,1-8H3. The van der Waals surface area contributed by atoms with E-state index in [4.69, 9.17) is 18.9 Å². The minimum atomic E-state index is -1.28. The highest BCUT2D eigenvalue weighted by Crippen LogP contribution is 2.39. The van der Waals surface area contributed by atoms with Gasteiger partial charge in [-0.1, -0.05) is 76.3 Å². The van der Waals surface area contributed by atoms with Gasteiger partial charge in [-0.2, -0.15) is 0 Å². The molecule has 10 unspecified atom stereocenters. The van der Waals surface area contributed by atoms with Crippen molar-refractivity contribution in [1.82, 2.24) is 5.32 Å². The van der Waals surface area contributed by atoms with Crippen LogP contribution in [0.25, 0.3) is 0 Å². The molecule has 0 aromatic heterocycles. The monoisotopic (exact) mass is 627 g/mol. The van der Waals surface area contributed by atoms with Crippen LogP contribution in [0, 0.1) is 17.8 Å². The van der Waals surface area contributed by atoms with Crippen LogP contribution in [-0.2, 0) is 25.5 Å². The van der Waals surface area contributed by atoms with Crippen LogP contribution < -0.4 is 10.1 Å². The fraction of sp³-hybridized carbons (Fsp3) is 0.649. The molecule has 252 valence electrons. The maximum absolute atomic E-state index is 12.7. The van der Waals surface area contributed by atoms with Gasteiger partial charge in [0.05, 0.1) is 43.5 Å². The quantitative estimate of drug-likeness (QED) is 0.107. The number of ether oxygens (including phenoxy) is 4. The van der Waals surface area contributed by atoms with E-state index in [-0.39, 0.29) is 36.6 Å². The summed E-state index contributed by atoms with van der Waals surface area (Å²) >= 11 is 0. The van der Waals surface area contributed by atoms with E-state index in [1.165, 1.54) is 0 Å². The molecule has 3 rings (SSSR count). The molecule has 3 N–H and O–H groups in total. The smallest absolute Gasteiger partial charge is 0.309 e. The third-order valence-electron chi connectivity index (χ3n) is 9.38. The number of esters is 1. The number of cyclic esters (lactones) is 1. The van der Waals surface area contributed by atoms with E-state index in [0.29, 0.717) is 18.9 Å². The summed E-state index contributed by atoms with van der Waals surface area (Å²) in [6, 6.07) is 7.41. The number of allylic oxidation sites excluding steroid dienone is 3. The van der Waals surface area contributed by atoms with Crippen molar-refractivity contribution in [3.63, 3.8) is 0 Å². The van der Waals surface area contributed by atoms with Crippen LogP contribution in [0.15, 0.2) is 60.2 Å². The van der Waals surface area contributed by atoms with E-state index in [2.05, 4.69) is 38.2 Å². The zero-order valence-electron chi connectivity index (χ0n) is 28.6. The van der Waals surface area contributed by atoms with E-state index in [9.17, 15) is 15.0 Å². The third-order valence-corrected chi connectivity index (χ3v) is 9.38. The molecule has 0 saturated carbocycles. The van der Waals surface area contributed by atoms with Crippen molar-refractivity contribution in [3.8, 4) is 5.75 Å². The first-order valence-corrected chi connectivity index (χ1v) is 16.6. The molecule has 1 aromatic carbocycles. The van der Waals surface area contributed by atoms with Gasteiger partial charge in [0.2, 0.25) is 0 Å². The van der Waals surface area contributed by atoms with Crippen molar-refractivity contribution in [3.05, 3.63) is 65.8 Å². The van der Waals surface area contributed by atoms with Crippen molar-refractivity contribution < 1.29 is 34.0 Å². The fourth-order valence-corrected chi connectivity index (χ4v) is 6.43. The van der Waals surface area contributed by atoms with Gasteiger partial charge < -0.3 is 34.5 Å². The molecule has 0 bridgehead atoms. The zero-order valence-corrected chi connectivity index (χ0v) is 28.6. The third kappa shape index (κ3) is 10.8. The van der Waals surface area contributed by atoms with Gasteiger partial charge in [-0.05, 0) is 57.1 Å². The second kappa shape index (κ2) is 17.4. The number of aliphatic hydroxyl groups excluding tert-OH is 1. The summed E-state index contributed by atoms with van der Waals surface area (Å²) in [5.74, 6) is 0.921. The number of methoxy groups -OCH3 is 2. The summed E-state index contributed by atoms with van der Waals surface area (Å²) in [4.78, 5) is 12.7. The van der Waals surface area contributed by atoms with E-state index in [0.717, 1.165) is 36.1 Å².